The first kappa shape index (κ1) is 17.7. The van der Waals surface area contributed by atoms with Gasteiger partial charge in [-0.2, -0.15) is 0 Å². The summed E-state index contributed by atoms with van der Waals surface area (Å²) in [5.41, 5.74) is 1.47. The van der Waals surface area contributed by atoms with Gasteiger partial charge in [-0.25, -0.2) is 4.98 Å². The summed E-state index contributed by atoms with van der Waals surface area (Å²) >= 11 is 0. The average molecular weight is 369 g/mol. The van der Waals surface area contributed by atoms with E-state index in [0.29, 0.717) is 17.2 Å². The molecule has 1 aromatic carbocycles. The molecular weight excluding hydrogens is 346 g/mol. The lowest BCUT2D eigenvalue weighted by Crippen LogP contribution is -2.55. The molecule has 1 amide bonds. The molecule has 2 N–H and O–H groups in total. The third-order valence-corrected chi connectivity index (χ3v) is 5.36. The molecule has 0 radical (unpaired) electrons. The highest BCUT2D eigenvalue weighted by atomic mass is 16.4. The number of rotatable bonds is 8. The van der Waals surface area contributed by atoms with Crippen LogP contribution in [0.2, 0.25) is 0 Å². The number of carbonyl (C=O) groups is 2. The van der Waals surface area contributed by atoms with Gasteiger partial charge >= 0.3 is 5.97 Å². The fourth-order valence-electron chi connectivity index (χ4n) is 3.57. The number of hydrogen-bond donors (Lipinski definition) is 2. The van der Waals surface area contributed by atoms with Gasteiger partial charge in [0.1, 0.15) is 0 Å². The molecule has 7 heteroatoms. The quantitative estimate of drug-likeness (QED) is 0.742. The third kappa shape index (κ3) is 4.36. The number of carboxylic acid groups (broad SMARTS) is 1. The maximum Gasteiger partial charge on any atom is 0.317 e. The highest BCUT2D eigenvalue weighted by molar-refractivity contribution is 5.94. The minimum atomic E-state index is -0.782. The first-order valence-corrected chi connectivity index (χ1v) is 9.34. The van der Waals surface area contributed by atoms with E-state index in [1.54, 1.807) is 18.3 Å². The Morgan fingerprint density at radius 3 is 2.56 bits per heavy atom. The van der Waals surface area contributed by atoms with E-state index in [2.05, 4.69) is 15.2 Å². The number of hydrogen-bond acceptors (Lipinski definition) is 5. The Labute approximate surface area is 157 Å². The molecule has 0 saturated heterocycles. The van der Waals surface area contributed by atoms with Crippen LogP contribution >= 0.6 is 0 Å². The molecule has 2 aliphatic carbocycles. The van der Waals surface area contributed by atoms with Crippen LogP contribution in [-0.2, 0) is 4.79 Å². The van der Waals surface area contributed by atoms with Crippen molar-refractivity contribution in [2.45, 2.75) is 37.8 Å². The maximum absolute atomic E-state index is 12.4. The third-order valence-electron chi connectivity index (χ3n) is 5.36. The molecule has 27 heavy (non-hydrogen) atoms. The fourth-order valence-corrected chi connectivity index (χ4v) is 3.57. The van der Waals surface area contributed by atoms with Crippen LogP contribution in [0.1, 0.15) is 36.0 Å². The summed E-state index contributed by atoms with van der Waals surface area (Å²) in [6, 6.07) is 7.57. The summed E-state index contributed by atoms with van der Waals surface area (Å²) in [5.74, 6) is 0.434. The molecule has 0 atom stereocenters. The summed E-state index contributed by atoms with van der Waals surface area (Å²) in [6.45, 7) is 0.950. The molecule has 0 bridgehead atoms. The number of oxazole rings is 1. The SMILES string of the molecule is O=C(O)CN(CC1CC1)C1CC(NC(=O)c2ccc(-c3cnco3)cc2)C1. The molecule has 2 aromatic rings. The highest BCUT2D eigenvalue weighted by Crippen LogP contribution is 2.33. The highest BCUT2D eigenvalue weighted by Gasteiger charge is 2.37. The van der Waals surface area contributed by atoms with Crippen LogP contribution in [0.4, 0.5) is 0 Å². The molecule has 0 unspecified atom stereocenters. The van der Waals surface area contributed by atoms with Crippen molar-refractivity contribution in [1.29, 1.82) is 0 Å². The molecular formula is C20H23N3O4. The smallest absolute Gasteiger partial charge is 0.317 e. The number of carbonyl (C=O) groups excluding carboxylic acids is 1. The fraction of sp³-hybridized carbons (Fsp3) is 0.450. The van der Waals surface area contributed by atoms with Gasteiger partial charge in [0.2, 0.25) is 0 Å². The molecule has 0 aliphatic heterocycles. The molecule has 142 valence electrons. The summed E-state index contributed by atoms with van der Waals surface area (Å²) in [6.07, 6.45) is 7.03. The Bertz CT molecular complexity index is 793. The van der Waals surface area contributed by atoms with Crippen LogP contribution in [0.25, 0.3) is 11.3 Å². The maximum atomic E-state index is 12.4. The predicted molar refractivity (Wildman–Crippen MR) is 98.1 cm³/mol. The second-order valence-corrected chi connectivity index (χ2v) is 7.51. The van der Waals surface area contributed by atoms with Crippen molar-refractivity contribution in [1.82, 2.24) is 15.2 Å². The van der Waals surface area contributed by atoms with E-state index in [4.69, 9.17) is 9.52 Å². The molecule has 2 aliphatic rings. The average Bonchev–Trinajstić information content (AvgIpc) is 3.26. The molecule has 1 aromatic heterocycles. The van der Waals surface area contributed by atoms with E-state index in [9.17, 15) is 9.59 Å². The summed E-state index contributed by atoms with van der Waals surface area (Å²) in [7, 11) is 0. The lowest BCUT2D eigenvalue weighted by atomic mass is 9.85. The van der Waals surface area contributed by atoms with Gasteiger partial charge in [0.05, 0.1) is 12.7 Å². The van der Waals surface area contributed by atoms with Gasteiger partial charge in [0.25, 0.3) is 5.91 Å². The van der Waals surface area contributed by atoms with Crippen LogP contribution in [0.3, 0.4) is 0 Å². The van der Waals surface area contributed by atoms with Crippen molar-refractivity contribution in [2.75, 3.05) is 13.1 Å². The van der Waals surface area contributed by atoms with Crippen LogP contribution in [-0.4, -0.2) is 52.0 Å². The van der Waals surface area contributed by atoms with E-state index in [0.717, 1.165) is 24.9 Å². The van der Waals surface area contributed by atoms with Crippen LogP contribution in [0, 0.1) is 5.92 Å². The van der Waals surface area contributed by atoms with Crippen molar-refractivity contribution < 1.29 is 19.1 Å². The monoisotopic (exact) mass is 369 g/mol. The van der Waals surface area contributed by atoms with Gasteiger partial charge in [0, 0.05) is 29.8 Å². The number of aliphatic carboxylic acids is 1. The Kier molecular flexibility index (Phi) is 4.94. The summed E-state index contributed by atoms with van der Waals surface area (Å²) < 4.78 is 5.25. The van der Waals surface area contributed by atoms with E-state index < -0.39 is 5.97 Å². The van der Waals surface area contributed by atoms with Crippen molar-refractivity contribution in [3.8, 4) is 11.3 Å². The Morgan fingerprint density at radius 2 is 1.96 bits per heavy atom. The van der Waals surface area contributed by atoms with Gasteiger partial charge in [-0.3, -0.25) is 14.5 Å². The topological polar surface area (TPSA) is 95.7 Å². The zero-order valence-corrected chi connectivity index (χ0v) is 15.0. The van der Waals surface area contributed by atoms with E-state index in [1.807, 2.05) is 12.1 Å². The van der Waals surface area contributed by atoms with E-state index >= 15 is 0 Å². The van der Waals surface area contributed by atoms with Gasteiger partial charge < -0.3 is 14.8 Å². The standard InChI is InChI=1S/C20H23N3O4/c24-19(25)11-23(10-13-1-2-13)17-7-16(8-17)22-20(26)15-5-3-14(4-6-15)18-9-21-12-27-18/h3-6,9,12-13,16-17H,1-2,7-8,10-11H2,(H,22,26)(H,24,25). The van der Waals surface area contributed by atoms with E-state index in [-0.39, 0.29) is 24.5 Å². The zero-order valence-electron chi connectivity index (χ0n) is 15.0. The summed E-state index contributed by atoms with van der Waals surface area (Å²) in [4.78, 5) is 29.5. The lowest BCUT2D eigenvalue weighted by Gasteiger charge is -2.42. The minimum Gasteiger partial charge on any atom is -0.480 e. The van der Waals surface area contributed by atoms with Crippen molar-refractivity contribution in [2.24, 2.45) is 5.92 Å². The lowest BCUT2D eigenvalue weighted by molar-refractivity contribution is -0.139. The number of carboxylic acids is 1. The van der Waals surface area contributed by atoms with Gasteiger partial charge in [-0.15, -0.1) is 0 Å². The number of nitrogens with zero attached hydrogens (tertiary/aromatic N) is 2. The van der Waals surface area contributed by atoms with Crippen LogP contribution < -0.4 is 5.32 Å². The molecule has 0 spiro atoms. The van der Waals surface area contributed by atoms with Crippen LogP contribution in [0.5, 0.6) is 0 Å². The molecule has 7 nitrogen and oxygen atoms in total. The normalized spacial score (nSPS) is 21.7. The van der Waals surface area contributed by atoms with Crippen molar-refractivity contribution in [3.63, 3.8) is 0 Å². The molecule has 2 saturated carbocycles. The van der Waals surface area contributed by atoms with Crippen molar-refractivity contribution >= 4 is 11.9 Å². The minimum absolute atomic E-state index is 0.0882. The molecule has 4 rings (SSSR count). The number of benzene rings is 1. The summed E-state index contributed by atoms with van der Waals surface area (Å²) in [5, 5.41) is 12.2. The first-order chi connectivity index (χ1) is 13.1. The number of aromatic nitrogens is 1. The molecule has 2 fully saturated rings. The predicted octanol–water partition coefficient (Wildman–Crippen LogP) is 2.40. The Morgan fingerprint density at radius 1 is 1.22 bits per heavy atom. The zero-order chi connectivity index (χ0) is 18.8. The second-order valence-electron chi connectivity index (χ2n) is 7.51. The first-order valence-electron chi connectivity index (χ1n) is 9.34. The second kappa shape index (κ2) is 7.52. The van der Waals surface area contributed by atoms with Gasteiger partial charge in [-0.05, 0) is 43.7 Å². The van der Waals surface area contributed by atoms with Gasteiger partial charge in [-0.1, -0.05) is 12.1 Å². The number of nitrogens with one attached hydrogen (secondary N) is 1. The Balaban J connectivity index is 1.28. The van der Waals surface area contributed by atoms with Crippen molar-refractivity contribution in [3.05, 3.63) is 42.4 Å². The largest absolute Gasteiger partial charge is 0.480 e. The number of amides is 1. The van der Waals surface area contributed by atoms with Crippen LogP contribution in [0.15, 0.2) is 41.3 Å². The van der Waals surface area contributed by atoms with E-state index in [1.165, 1.54) is 19.2 Å². The van der Waals surface area contributed by atoms with Gasteiger partial charge in [0.15, 0.2) is 12.2 Å². The molecule has 1 heterocycles. The Hall–Kier alpha value is -2.67.